The number of halogens is 1. The Kier molecular flexibility index (Phi) is 3.58. The fraction of sp³-hybridized carbons (Fsp3) is 0.438. The molecule has 122 valence electrons. The van der Waals surface area contributed by atoms with E-state index in [1.165, 1.54) is 17.0 Å². The minimum absolute atomic E-state index is 0.122. The van der Waals surface area contributed by atoms with Crippen molar-refractivity contribution in [3.63, 3.8) is 0 Å². The number of nitrogens with two attached hydrogens (primary N) is 1. The Morgan fingerprint density at radius 1 is 1.22 bits per heavy atom. The number of likely N-dealkylation sites (N-methyl/N-ethyl adjacent to an activating group) is 1. The molecular weight excluding hydrogens is 301 g/mol. The standard InChI is InChI=1S/C16H18FN3O3/c1-19-15(23)20(14(22)16(19)7-3-2-4-8-16)10-5-6-11(13(18)21)12(17)9-10/h5-6,9H,2-4,7-8H2,1H3,(H2,18,21). The molecule has 1 aliphatic carbocycles. The Balaban J connectivity index is 2.00. The molecule has 4 amide bonds. The Bertz CT molecular complexity index is 698. The summed E-state index contributed by atoms with van der Waals surface area (Å²) in [7, 11) is 1.61. The van der Waals surface area contributed by atoms with Crippen LogP contribution in [0.25, 0.3) is 0 Å². The van der Waals surface area contributed by atoms with Gasteiger partial charge in [0.1, 0.15) is 11.4 Å². The van der Waals surface area contributed by atoms with Gasteiger partial charge in [0.25, 0.3) is 11.8 Å². The van der Waals surface area contributed by atoms with Crippen molar-refractivity contribution in [3.05, 3.63) is 29.6 Å². The van der Waals surface area contributed by atoms with Crippen LogP contribution in [0.1, 0.15) is 42.5 Å². The van der Waals surface area contributed by atoms with Gasteiger partial charge < -0.3 is 10.6 Å². The number of amides is 4. The minimum Gasteiger partial charge on any atom is -0.366 e. The van der Waals surface area contributed by atoms with Crippen LogP contribution in [0.4, 0.5) is 14.9 Å². The Hall–Kier alpha value is -2.44. The molecular formula is C16H18FN3O3. The number of nitrogens with zero attached hydrogens (tertiary/aromatic N) is 2. The van der Waals surface area contributed by atoms with E-state index in [2.05, 4.69) is 0 Å². The van der Waals surface area contributed by atoms with Crippen molar-refractivity contribution in [2.75, 3.05) is 11.9 Å². The summed E-state index contributed by atoms with van der Waals surface area (Å²) >= 11 is 0. The van der Waals surface area contributed by atoms with Gasteiger partial charge in [0.2, 0.25) is 0 Å². The molecule has 1 heterocycles. The SMILES string of the molecule is CN1C(=O)N(c2ccc(C(N)=O)c(F)c2)C(=O)C12CCCCC2. The van der Waals surface area contributed by atoms with E-state index >= 15 is 0 Å². The van der Waals surface area contributed by atoms with Crippen LogP contribution in [-0.2, 0) is 4.79 Å². The van der Waals surface area contributed by atoms with Crippen LogP contribution in [0.3, 0.4) is 0 Å². The molecule has 2 aliphatic rings. The number of hydrogen-bond acceptors (Lipinski definition) is 3. The van der Waals surface area contributed by atoms with Crippen molar-refractivity contribution in [2.45, 2.75) is 37.6 Å². The van der Waals surface area contributed by atoms with Crippen LogP contribution in [-0.4, -0.2) is 35.3 Å². The zero-order valence-electron chi connectivity index (χ0n) is 12.8. The van der Waals surface area contributed by atoms with Gasteiger partial charge in [0.15, 0.2) is 0 Å². The lowest BCUT2D eigenvalue weighted by molar-refractivity contribution is -0.126. The average Bonchev–Trinajstić information content (AvgIpc) is 2.70. The molecule has 1 aliphatic heterocycles. The lowest BCUT2D eigenvalue weighted by Gasteiger charge is -2.35. The quantitative estimate of drug-likeness (QED) is 0.847. The monoisotopic (exact) mass is 319 g/mol. The third-order valence-electron chi connectivity index (χ3n) is 4.88. The third-order valence-corrected chi connectivity index (χ3v) is 4.88. The van der Waals surface area contributed by atoms with Gasteiger partial charge >= 0.3 is 6.03 Å². The van der Waals surface area contributed by atoms with E-state index in [9.17, 15) is 18.8 Å². The molecule has 1 spiro atoms. The predicted octanol–water partition coefficient (Wildman–Crippen LogP) is 2.03. The molecule has 1 aromatic rings. The minimum atomic E-state index is -0.894. The Morgan fingerprint density at radius 2 is 1.87 bits per heavy atom. The fourth-order valence-corrected chi connectivity index (χ4v) is 3.53. The van der Waals surface area contributed by atoms with Gasteiger partial charge in [-0.2, -0.15) is 0 Å². The van der Waals surface area contributed by atoms with Crippen molar-refractivity contribution >= 4 is 23.5 Å². The van der Waals surface area contributed by atoms with Gasteiger partial charge in [-0.15, -0.1) is 0 Å². The van der Waals surface area contributed by atoms with E-state index in [0.717, 1.165) is 30.2 Å². The molecule has 0 unspecified atom stereocenters. The number of imide groups is 1. The first-order chi connectivity index (χ1) is 10.9. The second-order valence-corrected chi connectivity index (χ2v) is 6.10. The van der Waals surface area contributed by atoms with Crippen LogP contribution in [0.5, 0.6) is 0 Å². The van der Waals surface area contributed by atoms with Crippen molar-refractivity contribution in [1.29, 1.82) is 0 Å². The first-order valence-corrected chi connectivity index (χ1v) is 7.60. The van der Waals surface area contributed by atoms with Crippen LogP contribution >= 0.6 is 0 Å². The highest BCUT2D eigenvalue weighted by Crippen LogP contribution is 2.41. The van der Waals surface area contributed by atoms with Crippen LogP contribution < -0.4 is 10.6 Å². The second-order valence-electron chi connectivity index (χ2n) is 6.10. The predicted molar refractivity (Wildman–Crippen MR) is 81.4 cm³/mol. The van der Waals surface area contributed by atoms with E-state index in [1.807, 2.05) is 0 Å². The molecule has 0 bridgehead atoms. The maximum Gasteiger partial charge on any atom is 0.332 e. The van der Waals surface area contributed by atoms with E-state index in [1.54, 1.807) is 7.05 Å². The number of carbonyl (C=O) groups is 3. The van der Waals surface area contributed by atoms with Crippen LogP contribution in [0.2, 0.25) is 0 Å². The van der Waals surface area contributed by atoms with E-state index in [-0.39, 0.29) is 17.2 Å². The van der Waals surface area contributed by atoms with E-state index < -0.39 is 23.3 Å². The maximum atomic E-state index is 14.0. The number of carbonyl (C=O) groups excluding carboxylic acids is 3. The zero-order chi connectivity index (χ0) is 16.8. The molecule has 0 aromatic heterocycles. The lowest BCUT2D eigenvalue weighted by Crippen LogP contribution is -2.49. The third kappa shape index (κ3) is 2.18. The average molecular weight is 319 g/mol. The first-order valence-electron chi connectivity index (χ1n) is 7.60. The van der Waals surface area contributed by atoms with Crippen molar-refractivity contribution in [2.24, 2.45) is 5.73 Å². The highest BCUT2D eigenvalue weighted by molar-refractivity contribution is 6.23. The fourth-order valence-electron chi connectivity index (χ4n) is 3.53. The summed E-state index contributed by atoms with van der Waals surface area (Å²) < 4.78 is 14.0. The van der Waals surface area contributed by atoms with Gasteiger partial charge in [-0.1, -0.05) is 19.3 Å². The summed E-state index contributed by atoms with van der Waals surface area (Å²) in [6.07, 6.45) is 4.04. The Morgan fingerprint density at radius 3 is 2.43 bits per heavy atom. The van der Waals surface area contributed by atoms with Crippen molar-refractivity contribution in [3.8, 4) is 0 Å². The summed E-state index contributed by atoms with van der Waals surface area (Å²) in [5.74, 6) is -2.06. The van der Waals surface area contributed by atoms with Gasteiger partial charge in [-0.3, -0.25) is 9.59 Å². The Labute approximate surface area is 133 Å². The molecule has 2 N–H and O–H groups in total. The topological polar surface area (TPSA) is 83.7 Å². The molecule has 2 fully saturated rings. The molecule has 7 heteroatoms. The summed E-state index contributed by atoms with van der Waals surface area (Å²) in [5.41, 5.74) is 4.10. The van der Waals surface area contributed by atoms with Crippen molar-refractivity contribution < 1.29 is 18.8 Å². The molecule has 23 heavy (non-hydrogen) atoms. The van der Waals surface area contributed by atoms with Gasteiger partial charge in [-0.25, -0.2) is 14.1 Å². The number of anilines is 1. The van der Waals surface area contributed by atoms with Gasteiger partial charge in [0, 0.05) is 7.05 Å². The maximum absolute atomic E-state index is 14.0. The first kappa shape index (κ1) is 15.5. The summed E-state index contributed by atoms with van der Waals surface area (Å²) in [6.45, 7) is 0. The number of rotatable bonds is 2. The largest absolute Gasteiger partial charge is 0.366 e. The number of urea groups is 1. The number of primary amides is 1. The summed E-state index contributed by atoms with van der Waals surface area (Å²) in [6, 6.07) is 3.10. The molecule has 1 aromatic carbocycles. The number of benzene rings is 1. The smallest absolute Gasteiger partial charge is 0.332 e. The highest BCUT2D eigenvalue weighted by atomic mass is 19.1. The molecule has 0 atom stereocenters. The molecule has 6 nitrogen and oxygen atoms in total. The summed E-state index contributed by atoms with van der Waals surface area (Å²) in [4.78, 5) is 39.0. The highest BCUT2D eigenvalue weighted by Gasteiger charge is 2.56. The molecule has 0 radical (unpaired) electrons. The molecule has 3 rings (SSSR count). The summed E-state index contributed by atoms with van der Waals surface area (Å²) in [5, 5.41) is 0. The van der Waals surface area contributed by atoms with E-state index in [4.69, 9.17) is 5.73 Å². The van der Waals surface area contributed by atoms with Crippen LogP contribution in [0.15, 0.2) is 18.2 Å². The number of hydrogen-bond donors (Lipinski definition) is 1. The molecule has 1 saturated heterocycles. The van der Waals surface area contributed by atoms with Gasteiger partial charge in [-0.05, 0) is 31.0 Å². The normalized spacial score (nSPS) is 20.4. The molecule has 1 saturated carbocycles. The van der Waals surface area contributed by atoms with Gasteiger partial charge in [0.05, 0.1) is 11.3 Å². The lowest BCUT2D eigenvalue weighted by atomic mass is 9.80. The van der Waals surface area contributed by atoms with E-state index in [0.29, 0.717) is 12.8 Å². The second kappa shape index (κ2) is 5.33. The van der Waals surface area contributed by atoms with Crippen LogP contribution in [0, 0.1) is 5.82 Å². The zero-order valence-corrected chi connectivity index (χ0v) is 12.8. The van der Waals surface area contributed by atoms with Crippen molar-refractivity contribution in [1.82, 2.24) is 4.90 Å².